The standard InChI is InChI=1S/C13H15FN4O2/c1-7-9(14)5-4-8(11(7)15)6-10-16-12(19-2)18-13(17-10)20-3/h4-5H,6,15H2,1-3H3. The first-order chi connectivity index (χ1) is 9.55. The molecule has 1 aromatic heterocycles. The second kappa shape index (κ2) is 5.68. The molecule has 0 saturated heterocycles. The summed E-state index contributed by atoms with van der Waals surface area (Å²) < 4.78 is 23.3. The molecule has 0 spiro atoms. The molecule has 0 aliphatic heterocycles. The van der Waals surface area contributed by atoms with Gasteiger partial charge in [0.05, 0.1) is 14.2 Å². The van der Waals surface area contributed by atoms with Gasteiger partial charge in [-0.2, -0.15) is 9.97 Å². The number of aromatic nitrogens is 3. The van der Waals surface area contributed by atoms with Crippen LogP contribution in [-0.4, -0.2) is 29.2 Å². The number of hydrogen-bond donors (Lipinski definition) is 1. The van der Waals surface area contributed by atoms with E-state index in [1.165, 1.54) is 20.3 Å². The third kappa shape index (κ3) is 2.76. The Labute approximate surface area is 115 Å². The molecule has 0 amide bonds. The molecule has 0 aliphatic rings. The third-order valence-electron chi connectivity index (χ3n) is 2.89. The molecule has 0 fully saturated rings. The average molecular weight is 278 g/mol. The molecule has 0 saturated carbocycles. The highest BCUT2D eigenvalue weighted by Gasteiger charge is 2.12. The summed E-state index contributed by atoms with van der Waals surface area (Å²) in [6.07, 6.45) is 0.336. The third-order valence-corrected chi connectivity index (χ3v) is 2.89. The summed E-state index contributed by atoms with van der Waals surface area (Å²) >= 11 is 0. The molecule has 0 bridgehead atoms. The minimum absolute atomic E-state index is 0.157. The molecule has 1 heterocycles. The average Bonchev–Trinajstić information content (AvgIpc) is 2.47. The first-order valence-electron chi connectivity index (χ1n) is 5.91. The SMILES string of the molecule is COc1nc(Cc2ccc(F)c(C)c2N)nc(OC)n1. The van der Waals surface area contributed by atoms with E-state index >= 15 is 0 Å². The predicted molar refractivity (Wildman–Crippen MR) is 71.3 cm³/mol. The number of nitrogens with zero attached hydrogens (tertiary/aromatic N) is 3. The normalized spacial score (nSPS) is 10.4. The van der Waals surface area contributed by atoms with E-state index in [-0.39, 0.29) is 17.8 Å². The van der Waals surface area contributed by atoms with Gasteiger partial charge in [0.25, 0.3) is 0 Å². The van der Waals surface area contributed by atoms with E-state index in [0.29, 0.717) is 23.5 Å². The van der Waals surface area contributed by atoms with Gasteiger partial charge < -0.3 is 15.2 Å². The Morgan fingerprint density at radius 1 is 1.10 bits per heavy atom. The smallest absolute Gasteiger partial charge is 0.322 e. The van der Waals surface area contributed by atoms with E-state index in [9.17, 15) is 4.39 Å². The second-order valence-corrected chi connectivity index (χ2v) is 4.15. The van der Waals surface area contributed by atoms with Gasteiger partial charge in [-0.25, -0.2) is 4.39 Å². The highest BCUT2D eigenvalue weighted by atomic mass is 19.1. The van der Waals surface area contributed by atoms with Crippen molar-refractivity contribution in [2.45, 2.75) is 13.3 Å². The van der Waals surface area contributed by atoms with Crippen molar-refractivity contribution < 1.29 is 13.9 Å². The van der Waals surface area contributed by atoms with E-state index in [1.807, 2.05) is 0 Å². The van der Waals surface area contributed by atoms with Gasteiger partial charge in [-0.15, -0.1) is 4.98 Å². The molecule has 6 nitrogen and oxygen atoms in total. The van der Waals surface area contributed by atoms with Crippen molar-refractivity contribution in [3.05, 3.63) is 34.9 Å². The summed E-state index contributed by atoms with van der Waals surface area (Å²) in [7, 11) is 2.91. The number of hydrogen-bond acceptors (Lipinski definition) is 6. The predicted octanol–water partition coefficient (Wildman–Crippen LogP) is 1.51. The van der Waals surface area contributed by atoms with E-state index in [1.54, 1.807) is 13.0 Å². The van der Waals surface area contributed by atoms with Crippen molar-refractivity contribution in [3.63, 3.8) is 0 Å². The van der Waals surface area contributed by atoms with Crippen molar-refractivity contribution in [3.8, 4) is 12.0 Å². The van der Waals surface area contributed by atoms with Crippen LogP contribution in [0.25, 0.3) is 0 Å². The van der Waals surface area contributed by atoms with Gasteiger partial charge in [0, 0.05) is 17.7 Å². The molecule has 0 aliphatic carbocycles. The quantitative estimate of drug-likeness (QED) is 0.853. The van der Waals surface area contributed by atoms with Gasteiger partial charge in [0.1, 0.15) is 11.6 Å². The van der Waals surface area contributed by atoms with Crippen LogP contribution in [-0.2, 0) is 6.42 Å². The van der Waals surface area contributed by atoms with Gasteiger partial charge in [-0.3, -0.25) is 0 Å². The Hall–Kier alpha value is -2.44. The van der Waals surface area contributed by atoms with Crippen LogP contribution >= 0.6 is 0 Å². The molecule has 20 heavy (non-hydrogen) atoms. The summed E-state index contributed by atoms with van der Waals surface area (Å²) in [5, 5.41) is 0. The van der Waals surface area contributed by atoms with Crippen LogP contribution in [0.4, 0.5) is 10.1 Å². The topological polar surface area (TPSA) is 83.2 Å². The van der Waals surface area contributed by atoms with Crippen LogP contribution in [0.5, 0.6) is 12.0 Å². The van der Waals surface area contributed by atoms with Crippen molar-refractivity contribution in [2.24, 2.45) is 0 Å². The Bertz CT molecular complexity index is 612. The molecule has 7 heteroatoms. The van der Waals surface area contributed by atoms with Crippen LogP contribution < -0.4 is 15.2 Å². The Kier molecular flexibility index (Phi) is 3.97. The number of rotatable bonds is 4. The van der Waals surface area contributed by atoms with E-state index < -0.39 is 0 Å². The molecule has 106 valence electrons. The number of methoxy groups -OCH3 is 2. The summed E-state index contributed by atoms with van der Waals surface area (Å²) in [5.41, 5.74) is 7.44. The van der Waals surface area contributed by atoms with Gasteiger partial charge in [-0.1, -0.05) is 6.07 Å². The second-order valence-electron chi connectivity index (χ2n) is 4.15. The van der Waals surface area contributed by atoms with Crippen molar-refractivity contribution in [1.29, 1.82) is 0 Å². The Morgan fingerprint density at radius 3 is 2.25 bits per heavy atom. The van der Waals surface area contributed by atoms with Gasteiger partial charge in [0.15, 0.2) is 0 Å². The lowest BCUT2D eigenvalue weighted by Crippen LogP contribution is -2.06. The Morgan fingerprint density at radius 2 is 1.70 bits per heavy atom. The lowest BCUT2D eigenvalue weighted by Gasteiger charge is -2.09. The monoisotopic (exact) mass is 278 g/mol. The lowest BCUT2D eigenvalue weighted by atomic mass is 10.0. The van der Waals surface area contributed by atoms with Gasteiger partial charge in [-0.05, 0) is 18.6 Å². The molecule has 2 aromatic rings. The summed E-state index contributed by atoms with van der Waals surface area (Å²) in [6, 6.07) is 3.30. The maximum Gasteiger partial charge on any atom is 0.322 e. The van der Waals surface area contributed by atoms with Crippen molar-refractivity contribution in [2.75, 3.05) is 20.0 Å². The zero-order chi connectivity index (χ0) is 14.7. The minimum atomic E-state index is -0.336. The molecule has 0 atom stereocenters. The van der Waals surface area contributed by atoms with E-state index in [2.05, 4.69) is 15.0 Å². The maximum atomic E-state index is 13.4. The molecular weight excluding hydrogens is 263 g/mol. The van der Waals surface area contributed by atoms with Crippen molar-refractivity contribution >= 4 is 5.69 Å². The first kappa shape index (κ1) is 14.0. The van der Waals surface area contributed by atoms with Crippen LogP contribution in [0, 0.1) is 12.7 Å². The summed E-state index contributed by atoms with van der Waals surface area (Å²) in [6.45, 7) is 1.63. The first-order valence-corrected chi connectivity index (χ1v) is 5.91. The van der Waals surface area contributed by atoms with Gasteiger partial charge >= 0.3 is 12.0 Å². The number of ether oxygens (including phenoxy) is 2. The van der Waals surface area contributed by atoms with E-state index in [4.69, 9.17) is 15.2 Å². The fourth-order valence-electron chi connectivity index (χ4n) is 1.72. The number of anilines is 1. The number of halogens is 1. The molecular formula is C13H15FN4O2. The largest absolute Gasteiger partial charge is 0.467 e. The minimum Gasteiger partial charge on any atom is -0.467 e. The lowest BCUT2D eigenvalue weighted by molar-refractivity contribution is 0.337. The molecule has 0 unspecified atom stereocenters. The van der Waals surface area contributed by atoms with Crippen LogP contribution in [0.2, 0.25) is 0 Å². The number of nitrogen functional groups attached to an aromatic ring is 1. The molecule has 2 N–H and O–H groups in total. The molecule has 1 aromatic carbocycles. The molecule has 2 rings (SSSR count). The summed E-state index contributed by atoms with van der Waals surface area (Å²) in [4.78, 5) is 12.1. The Balaban J connectivity index is 2.37. The highest BCUT2D eigenvalue weighted by Crippen LogP contribution is 2.22. The molecule has 0 radical (unpaired) electrons. The number of benzene rings is 1. The van der Waals surface area contributed by atoms with E-state index in [0.717, 1.165) is 5.56 Å². The highest BCUT2D eigenvalue weighted by molar-refractivity contribution is 5.54. The van der Waals surface area contributed by atoms with Crippen LogP contribution in [0.3, 0.4) is 0 Å². The zero-order valence-electron chi connectivity index (χ0n) is 11.5. The fraction of sp³-hybridized carbons (Fsp3) is 0.308. The van der Waals surface area contributed by atoms with Crippen molar-refractivity contribution in [1.82, 2.24) is 15.0 Å². The van der Waals surface area contributed by atoms with Crippen LogP contribution in [0.15, 0.2) is 12.1 Å². The zero-order valence-corrected chi connectivity index (χ0v) is 11.5. The van der Waals surface area contributed by atoms with Gasteiger partial charge in [0.2, 0.25) is 0 Å². The maximum absolute atomic E-state index is 13.4. The number of nitrogens with two attached hydrogens (primary N) is 1. The summed E-state index contributed by atoms with van der Waals surface area (Å²) in [5.74, 6) is 0.100. The fourth-order valence-corrected chi connectivity index (χ4v) is 1.72. The van der Waals surface area contributed by atoms with Crippen LogP contribution in [0.1, 0.15) is 17.0 Å².